The van der Waals surface area contributed by atoms with E-state index in [1.165, 1.54) is 28.2 Å². The molecule has 0 spiro atoms. The minimum Gasteiger partial charge on any atom is -0.282 e. The third kappa shape index (κ3) is 3.51. The van der Waals surface area contributed by atoms with Crippen molar-refractivity contribution in [3.63, 3.8) is 0 Å². The summed E-state index contributed by atoms with van der Waals surface area (Å²) >= 11 is 0. The molecule has 4 nitrogen and oxygen atoms in total. The standard InChI is InChI=1S/C19H32N4/c1-12-16(18(3,4)5)14(21-20-12)10-11-15-17(19(6,7)8)13(2)22-23(15)9/h10-11H2,1-9H3,(H,20,21). The van der Waals surface area contributed by atoms with E-state index in [1.54, 1.807) is 0 Å². The third-order valence-corrected chi connectivity index (χ3v) is 4.46. The summed E-state index contributed by atoms with van der Waals surface area (Å²) in [6.45, 7) is 17.8. The monoisotopic (exact) mass is 316 g/mol. The van der Waals surface area contributed by atoms with Gasteiger partial charge in [0.15, 0.2) is 0 Å². The van der Waals surface area contributed by atoms with E-state index < -0.39 is 0 Å². The third-order valence-electron chi connectivity index (χ3n) is 4.46. The molecule has 0 aliphatic heterocycles. The molecule has 0 aliphatic rings. The summed E-state index contributed by atoms with van der Waals surface area (Å²) in [6.07, 6.45) is 1.91. The number of aromatic nitrogens is 4. The minimum absolute atomic E-state index is 0.113. The highest BCUT2D eigenvalue weighted by Gasteiger charge is 2.26. The summed E-state index contributed by atoms with van der Waals surface area (Å²) in [6, 6.07) is 0. The Morgan fingerprint density at radius 1 is 0.913 bits per heavy atom. The number of H-pyrrole nitrogens is 1. The summed E-state index contributed by atoms with van der Waals surface area (Å²) in [4.78, 5) is 0. The van der Waals surface area contributed by atoms with Crippen LogP contribution in [0.4, 0.5) is 0 Å². The summed E-state index contributed by atoms with van der Waals surface area (Å²) < 4.78 is 2.05. The molecule has 0 aromatic carbocycles. The molecular weight excluding hydrogens is 284 g/mol. The lowest BCUT2D eigenvalue weighted by atomic mass is 9.82. The topological polar surface area (TPSA) is 46.5 Å². The first-order valence-electron chi connectivity index (χ1n) is 8.50. The van der Waals surface area contributed by atoms with Crippen molar-refractivity contribution in [2.24, 2.45) is 7.05 Å². The van der Waals surface area contributed by atoms with Gasteiger partial charge in [0, 0.05) is 29.6 Å². The Bertz CT molecular complexity index is 690. The Balaban J connectivity index is 2.34. The van der Waals surface area contributed by atoms with E-state index in [0.717, 1.165) is 18.5 Å². The van der Waals surface area contributed by atoms with E-state index in [2.05, 4.69) is 77.7 Å². The van der Waals surface area contributed by atoms with Crippen LogP contribution < -0.4 is 0 Å². The first-order valence-corrected chi connectivity index (χ1v) is 8.50. The maximum absolute atomic E-state index is 4.65. The zero-order chi connectivity index (χ0) is 17.6. The zero-order valence-electron chi connectivity index (χ0n) is 16.3. The van der Waals surface area contributed by atoms with Crippen LogP contribution in [0.2, 0.25) is 0 Å². The molecule has 0 amide bonds. The molecule has 0 radical (unpaired) electrons. The molecule has 2 aromatic rings. The number of hydrogen-bond acceptors (Lipinski definition) is 2. The van der Waals surface area contributed by atoms with Crippen molar-refractivity contribution in [2.45, 2.75) is 79.1 Å². The molecule has 0 saturated carbocycles. The minimum atomic E-state index is 0.113. The first-order chi connectivity index (χ1) is 10.4. The van der Waals surface area contributed by atoms with E-state index in [-0.39, 0.29) is 10.8 Å². The van der Waals surface area contributed by atoms with Gasteiger partial charge >= 0.3 is 0 Å². The van der Waals surface area contributed by atoms with E-state index in [4.69, 9.17) is 0 Å². The van der Waals surface area contributed by atoms with Gasteiger partial charge in [-0.25, -0.2) is 0 Å². The second kappa shape index (κ2) is 5.81. The quantitative estimate of drug-likeness (QED) is 0.925. The number of aryl methyl sites for hydroxylation is 4. The average molecular weight is 316 g/mol. The molecule has 0 fully saturated rings. The lowest BCUT2D eigenvalue weighted by Crippen LogP contribution is -2.17. The van der Waals surface area contributed by atoms with Crippen LogP contribution in [-0.2, 0) is 30.7 Å². The fourth-order valence-corrected chi connectivity index (χ4v) is 3.86. The molecule has 2 rings (SSSR count). The van der Waals surface area contributed by atoms with Crippen molar-refractivity contribution < 1.29 is 0 Å². The van der Waals surface area contributed by atoms with Gasteiger partial charge in [0.2, 0.25) is 0 Å². The number of nitrogens with zero attached hydrogens (tertiary/aromatic N) is 3. The summed E-state index contributed by atoms with van der Waals surface area (Å²) in [5.74, 6) is 0. The van der Waals surface area contributed by atoms with Crippen molar-refractivity contribution in [1.29, 1.82) is 0 Å². The number of nitrogens with one attached hydrogen (secondary N) is 1. The van der Waals surface area contributed by atoms with Gasteiger partial charge in [-0.05, 0) is 37.5 Å². The molecular formula is C19H32N4. The highest BCUT2D eigenvalue weighted by Crippen LogP contribution is 2.31. The van der Waals surface area contributed by atoms with Crippen LogP contribution in [0, 0.1) is 13.8 Å². The fourth-order valence-electron chi connectivity index (χ4n) is 3.86. The molecule has 4 heteroatoms. The Hall–Kier alpha value is -1.58. The van der Waals surface area contributed by atoms with E-state index >= 15 is 0 Å². The molecule has 0 atom stereocenters. The highest BCUT2D eigenvalue weighted by atomic mass is 15.3. The first kappa shape index (κ1) is 17.8. The number of hydrogen-bond donors (Lipinski definition) is 1. The van der Waals surface area contributed by atoms with Crippen molar-refractivity contribution >= 4 is 0 Å². The lowest BCUT2D eigenvalue weighted by molar-refractivity contribution is 0.566. The summed E-state index contributed by atoms with van der Waals surface area (Å²) in [5, 5.41) is 12.4. The van der Waals surface area contributed by atoms with Gasteiger partial charge in [0.1, 0.15) is 0 Å². The Kier molecular flexibility index (Phi) is 4.49. The molecule has 2 heterocycles. The van der Waals surface area contributed by atoms with Crippen molar-refractivity contribution in [3.8, 4) is 0 Å². The van der Waals surface area contributed by atoms with Crippen LogP contribution in [0.25, 0.3) is 0 Å². The number of rotatable bonds is 3. The van der Waals surface area contributed by atoms with Gasteiger partial charge < -0.3 is 0 Å². The van der Waals surface area contributed by atoms with Gasteiger partial charge in [-0.1, -0.05) is 41.5 Å². The normalized spacial score (nSPS) is 12.9. The van der Waals surface area contributed by atoms with Gasteiger partial charge in [0.25, 0.3) is 0 Å². The van der Waals surface area contributed by atoms with Crippen LogP contribution in [-0.4, -0.2) is 20.0 Å². The van der Waals surface area contributed by atoms with Crippen molar-refractivity contribution in [3.05, 3.63) is 33.9 Å². The smallest absolute Gasteiger partial charge is 0.0666 e. The zero-order valence-corrected chi connectivity index (χ0v) is 16.3. The van der Waals surface area contributed by atoms with Gasteiger partial charge in [0.05, 0.1) is 11.4 Å². The molecule has 23 heavy (non-hydrogen) atoms. The van der Waals surface area contributed by atoms with Crippen LogP contribution in [0.15, 0.2) is 0 Å². The predicted octanol–water partition coefficient (Wildman–Crippen LogP) is 4.14. The maximum Gasteiger partial charge on any atom is 0.0666 e. The van der Waals surface area contributed by atoms with Gasteiger partial charge in [-0.3, -0.25) is 9.78 Å². The summed E-state index contributed by atoms with van der Waals surface area (Å²) in [5.41, 5.74) is 7.81. The van der Waals surface area contributed by atoms with Crippen molar-refractivity contribution in [2.75, 3.05) is 0 Å². The molecule has 1 N–H and O–H groups in total. The lowest BCUT2D eigenvalue weighted by Gasteiger charge is -2.22. The Labute approximate surface area is 140 Å². The molecule has 128 valence electrons. The van der Waals surface area contributed by atoms with E-state index in [9.17, 15) is 0 Å². The van der Waals surface area contributed by atoms with Crippen LogP contribution >= 0.6 is 0 Å². The largest absolute Gasteiger partial charge is 0.282 e. The van der Waals surface area contributed by atoms with Gasteiger partial charge in [-0.2, -0.15) is 10.2 Å². The SMILES string of the molecule is Cc1nn(C)c(CCc2n[nH]c(C)c2C(C)(C)C)c1C(C)(C)C. The second-order valence-electron chi connectivity index (χ2n) is 8.70. The summed E-state index contributed by atoms with van der Waals surface area (Å²) in [7, 11) is 2.05. The Morgan fingerprint density at radius 3 is 2.00 bits per heavy atom. The maximum atomic E-state index is 4.65. The van der Waals surface area contributed by atoms with Crippen LogP contribution in [0.1, 0.15) is 75.4 Å². The predicted molar refractivity (Wildman–Crippen MR) is 96.1 cm³/mol. The highest BCUT2D eigenvalue weighted by molar-refractivity contribution is 5.35. The average Bonchev–Trinajstić information content (AvgIpc) is 2.85. The molecule has 2 aromatic heterocycles. The van der Waals surface area contributed by atoms with Crippen LogP contribution in [0.3, 0.4) is 0 Å². The van der Waals surface area contributed by atoms with E-state index in [1.807, 2.05) is 4.68 Å². The molecule has 0 saturated heterocycles. The number of aromatic amines is 1. The van der Waals surface area contributed by atoms with Crippen molar-refractivity contribution in [1.82, 2.24) is 20.0 Å². The molecule has 0 bridgehead atoms. The van der Waals surface area contributed by atoms with Crippen LogP contribution in [0.5, 0.6) is 0 Å². The fraction of sp³-hybridized carbons (Fsp3) is 0.684. The van der Waals surface area contributed by atoms with Gasteiger partial charge in [-0.15, -0.1) is 0 Å². The molecule has 0 unspecified atom stereocenters. The Morgan fingerprint density at radius 2 is 1.48 bits per heavy atom. The second-order valence-corrected chi connectivity index (χ2v) is 8.70. The molecule has 0 aliphatic carbocycles. The van der Waals surface area contributed by atoms with E-state index in [0.29, 0.717) is 0 Å².